The van der Waals surface area contributed by atoms with E-state index < -0.39 is 0 Å². The Balaban J connectivity index is 1.81. The summed E-state index contributed by atoms with van der Waals surface area (Å²) in [5.74, 6) is 0.780. The molecule has 4 aromatic carbocycles. The van der Waals surface area contributed by atoms with Gasteiger partial charge < -0.3 is 0 Å². The normalized spacial score (nSPS) is 11.8. The Bertz CT molecular complexity index is 1270. The zero-order valence-electron chi connectivity index (χ0n) is 17.6. The molecular weight excluding hydrogens is 364 g/mol. The molecule has 0 spiro atoms. The van der Waals surface area contributed by atoms with Gasteiger partial charge in [0.2, 0.25) is 0 Å². The molecule has 0 N–H and O–H groups in total. The van der Waals surface area contributed by atoms with Crippen LogP contribution < -0.4 is 0 Å². The van der Waals surface area contributed by atoms with Crippen molar-refractivity contribution < 1.29 is 0 Å². The molecule has 0 saturated heterocycles. The molecule has 5 rings (SSSR count). The maximum Gasteiger partial charge on any atom is 0.160 e. The molecule has 0 saturated carbocycles. The molecule has 1 aromatic heterocycles. The highest BCUT2D eigenvalue weighted by Gasteiger charge is 2.20. The summed E-state index contributed by atoms with van der Waals surface area (Å²) >= 11 is 0. The van der Waals surface area contributed by atoms with Gasteiger partial charge in [-0.25, -0.2) is 9.97 Å². The largest absolute Gasteiger partial charge is 0.232 e. The van der Waals surface area contributed by atoms with E-state index in [4.69, 9.17) is 9.97 Å². The highest BCUT2D eigenvalue weighted by Crippen LogP contribution is 2.34. The van der Waals surface area contributed by atoms with Crippen LogP contribution in [0.3, 0.4) is 0 Å². The lowest BCUT2D eigenvalue weighted by molar-refractivity contribution is 0.568. The summed E-state index contributed by atoms with van der Waals surface area (Å²) in [6, 6.07) is 31.8. The Morgan fingerprint density at radius 2 is 1.10 bits per heavy atom. The third kappa shape index (κ3) is 3.25. The summed E-state index contributed by atoms with van der Waals surface area (Å²) in [5, 5.41) is 4.81. The van der Waals surface area contributed by atoms with E-state index >= 15 is 0 Å². The van der Waals surface area contributed by atoms with Crippen molar-refractivity contribution in [1.82, 2.24) is 9.97 Å². The highest BCUT2D eigenvalue weighted by molar-refractivity contribution is 5.97. The summed E-state index contributed by atoms with van der Waals surface area (Å²) in [6.07, 6.45) is 0. The van der Waals surface area contributed by atoms with Crippen molar-refractivity contribution in [2.24, 2.45) is 0 Å². The minimum atomic E-state index is -0.0817. The Hall–Kier alpha value is -3.52. The molecule has 0 bridgehead atoms. The van der Waals surface area contributed by atoms with Gasteiger partial charge in [-0.05, 0) is 27.6 Å². The Labute approximate surface area is 177 Å². The maximum absolute atomic E-state index is 5.08. The van der Waals surface area contributed by atoms with Crippen LogP contribution in [0.4, 0.5) is 0 Å². The molecule has 2 heteroatoms. The first-order valence-electron chi connectivity index (χ1n) is 10.4. The molecule has 30 heavy (non-hydrogen) atoms. The topological polar surface area (TPSA) is 25.8 Å². The van der Waals surface area contributed by atoms with E-state index in [0.29, 0.717) is 0 Å². The van der Waals surface area contributed by atoms with Gasteiger partial charge in [-0.3, -0.25) is 0 Å². The second kappa shape index (κ2) is 7.07. The molecule has 0 unspecified atom stereocenters. The lowest BCUT2D eigenvalue weighted by Crippen LogP contribution is -2.15. The lowest BCUT2D eigenvalue weighted by Gasteiger charge is -2.20. The molecule has 0 atom stereocenters. The summed E-state index contributed by atoms with van der Waals surface area (Å²) < 4.78 is 0. The monoisotopic (exact) mass is 388 g/mol. The van der Waals surface area contributed by atoms with E-state index in [-0.39, 0.29) is 5.41 Å². The first kappa shape index (κ1) is 18.5. The van der Waals surface area contributed by atoms with Crippen molar-refractivity contribution in [2.75, 3.05) is 0 Å². The fourth-order valence-corrected chi connectivity index (χ4v) is 3.96. The predicted molar refractivity (Wildman–Crippen MR) is 127 cm³/mol. The molecule has 0 aliphatic carbocycles. The standard InChI is InChI=1S/C28H24N2/c1-28(2,3)26-18-25(23-16-8-12-19-10-4-6-14-21(19)23)29-27(30-26)24-17-9-13-20-11-5-7-15-22(20)24/h4-18H,1-3H3. The van der Waals surface area contributed by atoms with Crippen molar-refractivity contribution in [3.63, 3.8) is 0 Å². The van der Waals surface area contributed by atoms with Crippen molar-refractivity contribution in [3.8, 4) is 22.6 Å². The van der Waals surface area contributed by atoms with Crippen LogP contribution in [-0.4, -0.2) is 9.97 Å². The minimum absolute atomic E-state index is 0.0817. The lowest BCUT2D eigenvalue weighted by atomic mass is 9.90. The molecule has 0 aliphatic heterocycles. The number of hydrogen-bond donors (Lipinski definition) is 0. The number of aromatic nitrogens is 2. The maximum atomic E-state index is 5.08. The zero-order chi connectivity index (χ0) is 20.7. The van der Waals surface area contributed by atoms with Gasteiger partial charge in [0, 0.05) is 16.5 Å². The van der Waals surface area contributed by atoms with Crippen LogP contribution in [0, 0.1) is 0 Å². The number of nitrogens with zero attached hydrogens (tertiary/aromatic N) is 2. The average Bonchev–Trinajstić information content (AvgIpc) is 2.77. The molecule has 0 fully saturated rings. The average molecular weight is 389 g/mol. The van der Waals surface area contributed by atoms with Gasteiger partial charge in [-0.15, -0.1) is 0 Å². The molecule has 1 heterocycles. The van der Waals surface area contributed by atoms with Crippen LogP contribution in [-0.2, 0) is 5.41 Å². The summed E-state index contributed by atoms with van der Waals surface area (Å²) in [6.45, 7) is 6.61. The number of fused-ring (bicyclic) bond motifs is 2. The van der Waals surface area contributed by atoms with Crippen LogP contribution in [0.5, 0.6) is 0 Å². The van der Waals surface area contributed by atoms with E-state index in [1.165, 1.54) is 21.5 Å². The molecule has 0 amide bonds. The quantitative estimate of drug-likeness (QED) is 0.314. The molecular formula is C28H24N2. The van der Waals surface area contributed by atoms with Crippen molar-refractivity contribution in [2.45, 2.75) is 26.2 Å². The van der Waals surface area contributed by atoms with Gasteiger partial charge in [0.1, 0.15) is 0 Å². The fraction of sp³-hybridized carbons (Fsp3) is 0.143. The number of hydrogen-bond acceptors (Lipinski definition) is 2. The van der Waals surface area contributed by atoms with Gasteiger partial charge >= 0.3 is 0 Å². The van der Waals surface area contributed by atoms with E-state index in [9.17, 15) is 0 Å². The van der Waals surface area contributed by atoms with Crippen LogP contribution in [0.1, 0.15) is 26.5 Å². The summed E-state index contributed by atoms with van der Waals surface area (Å²) in [5.41, 5.74) is 4.14. The third-order valence-corrected chi connectivity index (χ3v) is 5.59. The molecule has 0 aliphatic rings. The molecule has 5 aromatic rings. The zero-order valence-corrected chi connectivity index (χ0v) is 17.6. The van der Waals surface area contributed by atoms with E-state index in [0.717, 1.165) is 28.3 Å². The van der Waals surface area contributed by atoms with Gasteiger partial charge in [0.15, 0.2) is 5.82 Å². The predicted octanol–water partition coefficient (Wildman–Crippen LogP) is 7.41. The number of rotatable bonds is 2. The molecule has 2 nitrogen and oxygen atoms in total. The van der Waals surface area contributed by atoms with Crippen molar-refractivity contribution in [1.29, 1.82) is 0 Å². The fourth-order valence-electron chi connectivity index (χ4n) is 3.96. The highest BCUT2D eigenvalue weighted by atomic mass is 14.9. The Morgan fingerprint density at radius 1 is 0.567 bits per heavy atom. The van der Waals surface area contributed by atoms with Crippen LogP contribution in [0.2, 0.25) is 0 Å². The van der Waals surface area contributed by atoms with Gasteiger partial charge in [0.25, 0.3) is 0 Å². The van der Waals surface area contributed by atoms with Crippen molar-refractivity contribution in [3.05, 3.63) is 96.7 Å². The van der Waals surface area contributed by atoms with Crippen LogP contribution in [0.15, 0.2) is 91.0 Å². The first-order valence-corrected chi connectivity index (χ1v) is 10.4. The Kier molecular flexibility index (Phi) is 4.36. The smallest absolute Gasteiger partial charge is 0.160 e. The summed E-state index contributed by atoms with van der Waals surface area (Å²) in [7, 11) is 0. The third-order valence-electron chi connectivity index (χ3n) is 5.59. The number of benzene rings is 4. The first-order chi connectivity index (χ1) is 14.5. The molecule has 0 radical (unpaired) electrons. The van der Waals surface area contributed by atoms with Gasteiger partial charge in [-0.1, -0.05) is 106 Å². The van der Waals surface area contributed by atoms with E-state index in [2.05, 4.69) is 112 Å². The van der Waals surface area contributed by atoms with Crippen LogP contribution >= 0.6 is 0 Å². The van der Waals surface area contributed by atoms with Gasteiger partial charge in [0.05, 0.1) is 11.4 Å². The Morgan fingerprint density at radius 3 is 1.73 bits per heavy atom. The second-order valence-corrected chi connectivity index (χ2v) is 8.77. The van der Waals surface area contributed by atoms with Crippen LogP contribution in [0.25, 0.3) is 44.2 Å². The molecule has 146 valence electrons. The van der Waals surface area contributed by atoms with E-state index in [1.807, 2.05) is 0 Å². The van der Waals surface area contributed by atoms with Gasteiger partial charge in [-0.2, -0.15) is 0 Å². The van der Waals surface area contributed by atoms with Crippen molar-refractivity contribution >= 4 is 21.5 Å². The summed E-state index contributed by atoms with van der Waals surface area (Å²) in [4.78, 5) is 10.1. The minimum Gasteiger partial charge on any atom is -0.232 e. The van der Waals surface area contributed by atoms with E-state index in [1.54, 1.807) is 0 Å². The SMILES string of the molecule is CC(C)(C)c1cc(-c2cccc3ccccc23)nc(-c2cccc3ccccc23)n1. The second-order valence-electron chi connectivity index (χ2n) is 8.77.